The number of pyridine rings is 1. The average Bonchev–Trinajstić information content (AvgIpc) is 3.00. The van der Waals surface area contributed by atoms with Crippen molar-refractivity contribution in [3.8, 4) is 11.3 Å². The van der Waals surface area contributed by atoms with Crippen molar-refractivity contribution in [2.75, 3.05) is 0 Å². The van der Waals surface area contributed by atoms with Crippen LogP contribution >= 0.6 is 15.9 Å². The van der Waals surface area contributed by atoms with Gasteiger partial charge < -0.3 is 5.11 Å². The van der Waals surface area contributed by atoms with Gasteiger partial charge in [0.05, 0.1) is 28.0 Å². The van der Waals surface area contributed by atoms with Crippen LogP contribution in [0.3, 0.4) is 0 Å². The number of hydrogen-bond donors (Lipinski definition) is 1. The molecule has 22 heavy (non-hydrogen) atoms. The van der Waals surface area contributed by atoms with Gasteiger partial charge in [-0.25, -0.2) is 4.52 Å². The number of nitrogens with zero attached hydrogens (tertiary/aromatic N) is 2. The number of hydrogen-bond acceptors (Lipinski definition) is 2. The summed E-state index contributed by atoms with van der Waals surface area (Å²) in [6, 6.07) is 20.3. The highest BCUT2D eigenvalue weighted by atomic mass is 79.9. The zero-order chi connectivity index (χ0) is 15.1. The summed E-state index contributed by atoms with van der Waals surface area (Å²) in [6.45, 7) is -0.0676. The lowest BCUT2D eigenvalue weighted by Crippen LogP contribution is -1.97. The molecule has 1 N–H and O–H groups in total. The van der Waals surface area contributed by atoms with Crippen LogP contribution in [0.4, 0.5) is 0 Å². The van der Waals surface area contributed by atoms with Crippen LogP contribution in [0.5, 0.6) is 0 Å². The van der Waals surface area contributed by atoms with Crippen molar-refractivity contribution in [1.29, 1.82) is 0 Å². The van der Waals surface area contributed by atoms with Gasteiger partial charge in [-0.3, -0.25) is 0 Å². The number of halogens is 1. The minimum Gasteiger partial charge on any atom is -0.390 e. The number of aliphatic hydroxyl groups excluding tert-OH is 1. The van der Waals surface area contributed by atoms with E-state index in [0.717, 1.165) is 32.0 Å². The molecule has 3 nitrogen and oxygen atoms in total. The second-order valence-electron chi connectivity index (χ2n) is 5.17. The molecule has 0 spiro atoms. The van der Waals surface area contributed by atoms with Gasteiger partial charge in [0.1, 0.15) is 0 Å². The van der Waals surface area contributed by atoms with E-state index in [1.807, 2.05) is 40.9 Å². The number of fused-ring (bicyclic) bond motifs is 3. The Labute approximate surface area is 136 Å². The van der Waals surface area contributed by atoms with Crippen molar-refractivity contribution in [2.24, 2.45) is 0 Å². The minimum absolute atomic E-state index is 0.0676. The zero-order valence-electron chi connectivity index (χ0n) is 11.7. The van der Waals surface area contributed by atoms with E-state index in [1.54, 1.807) is 0 Å². The smallest absolute Gasteiger partial charge is 0.0889 e. The largest absolute Gasteiger partial charge is 0.390 e. The van der Waals surface area contributed by atoms with Crippen molar-refractivity contribution < 1.29 is 5.11 Å². The summed E-state index contributed by atoms with van der Waals surface area (Å²) in [6.07, 6.45) is 0. The van der Waals surface area contributed by atoms with Crippen molar-refractivity contribution in [1.82, 2.24) is 9.61 Å². The molecule has 0 aliphatic heterocycles. The lowest BCUT2D eigenvalue weighted by Gasteiger charge is -2.12. The molecular weight excluding hydrogens is 340 g/mol. The standard InChI is InChI=1S/C18H13BrN2O/c19-17-15-9-5-4-8-14(15)16-10-13(11-22)20-21(16)18(17)12-6-2-1-3-7-12/h1-10,22H,11H2. The van der Waals surface area contributed by atoms with Gasteiger partial charge in [-0.1, -0.05) is 54.6 Å². The van der Waals surface area contributed by atoms with Crippen LogP contribution in [0, 0.1) is 0 Å². The Balaban J connectivity index is 2.22. The molecule has 0 aliphatic rings. The van der Waals surface area contributed by atoms with Crippen LogP contribution in [0.25, 0.3) is 27.5 Å². The van der Waals surface area contributed by atoms with E-state index in [0.29, 0.717) is 5.69 Å². The van der Waals surface area contributed by atoms with Gasteiger partial charge in [0, 0.05) is 16.3 Å². The highest BCUT2D eigenvalue weighted by molar-refractivity contribution is 9.10. The lowest BCUT2D eigenvalue weighted by molar-refractivity contribution is 0.276. The molecule has 4 rings (SSSR count). The number of rotatable bonds is 2. The predicted molar refractivity (Wildman–Crippen MR) is 91.8 cm³/mol. The van der Waals surface area contributed by atoms with Crippen LogP contribution in [-0.2, 0) is 6.61 Å². The second-order valence-corrected chi connectivity index (χ2v) is 5.96. The van der Waals surface area contributed by atoms with Gasteiger partial charge in [0.25, 0.3) is 0 Å². The van der Waals surface area contributed by atoms with E-state index in [1.165, 1.54) is 0 Å². The van der Waals surface area contributed by atoms with Crippen LogP contribution in [-0.4, -0.2) is 14.7 Å². The summed E-state index contributed by atoms with van der Waals surface area (Å²) in [5, 5.41) is 16.3. The van der Waals surface area contributed by atoms with Crippen LogP contribution in [0.2, 0.25) is 0 Å². The molecule has 0 bridgehead atoms. The SMILES string of the molecule is OCc1cc2c3ccccc3c(Br)c(-c3ccccc3)n2n1. The monoisotopic (exact) mass is 352 g/mol. The molecule has 4 heteroatoms. The maximum atomic E-state index is 9.45. The molecule has 0 saturated carbocycles. The zero-order valence-corrected chi connectivity index (χ0v) is 13.3. The van der Waals surface area contributed by atoms with Gasteiger partial charge in [0.2, 0.25) is 0 Å². The molecule has 2 aromatic heterocycles. The first kappa shape index (κ1) is 13.5. The average molecular weight is 353 g/mol. The molecule has 0 saturated heterocycles. The molecule has 2 aromatic carbocycles. The summed E-state index contributed by atoms with van der Waals surface area (Å²) in [5.41, 5.74) is 3.74. The van der Waals surface area contributed by atoms with Gasteiger partial charge in [0.15, 0.2) is 0 Å². The first-order valence-electron chi connectivity index (χ1n) is 7.04. The van der Waals surface area contributed by atoms with Crippen LogP contribution in [0.1, 0.15) is 5.69 Å². The number of benzene rings is 2. The van der Waals surface area contributed by atoms with E-state index in [2.05, 4.69) is 45.3 Å². The van der Waals surface area contributed by atoms with E-state index in [9.17, 15) is 5.11 Å². The Kier molecular flexibility index (Phi) is 3.21. The van der Waals surface area contributed by atoms with Crippen LogP contribution in [0.15, 0.2) is 65.1 Å². The highest BCUT2D eigenvalue weighted by Gasteiger charge is 2.16. The third-order valence-electron chi connectivity index (χ3n) is 3.83. The molecule has 0 unspecified atom stereocenters. The maximum Gasteiger partial charge on any atom is 0.0889 e. The second kappa shape index (κ2) is 5.23. The molecule has 2 heterocycles. The molecule has 4 aromatic rings. The Bertz CT molecular complexity index is 977. The molecule has 0 amide bonds. The molecule has 0 fully saturated rings. The molecule has 0 aliphatic carbocycles. The fraction of sp³-hybridized carbons (Fsp3) is 0.0556. The molecule has 0 atom stereocenters. The Morgan fingerprint density at radius 1 is 0.955 bits per heavy atom. The van der Waals surface area contributed by atoms with E-state index >= 15 is 0 Å². The van der Waals surface area contributed by atoms with Gasteiger partial charge in [-0.05, 0) is 22.0 Å². The normalized spacial score (nSPS) is 11.4. The maximum absolute atomic E-state index is 9.45. The number of aromatic nitrogens is 2. The topological polar surface area (TPSA) is 37.5 Å². The Hall–Kier alpha value is -2.17. The minimum atomic E-state index is -0.0676. The van der Waals surface area contributed by atoms with Crippen molar-refractivity contribution in [3.63, 3.8) is 0 Å². The molecule has 0 radical (unpaired) electrons. The summed E-state index contributed by atoms with van der Waals surface area (Å²) in [7, 11) is 0. The highest BCUT2D eigenvalue weighted by Crippen LogP contribution is 2.37. The Morgan fingerprint density at radius 2 is 1.64 bits per heavy atom. The van der Waals surface area contributed by atoms with E-state index in [4.69, 9.17) is 0 Å². The first-order chi connectivity index (χ1) is 10.8. The summed E-state index contributed by atoms with van der Waals surface area (Å²) >= 11 is 3.75. The third-order valence-corrected chi connectivity index (χ3v) is 4.63. The lowest BCUT2D eigenvalue weighted by atomic mass is 10.1. The van der Waals surface area contributed by atoms with Crippen molar-refractivity contribution in [2.45, 2.75) is 6.61 Å². The summed E-state index contributed by atoms with van der Waals surface area (Å²) in [4.78, 5) is 0. The van der Waals surface area contributed by atoms with Crippen LogP contribution < -0.4 is 0 Å². The predicted octanol–water partition coefficient (Wildman–Crippen LogP) is 4.41. The van der Waals surface area contributed by atoms with Gasteiger partial charge in [-0.15, -0.1) is 0 Å². The molecule has 108 valence electrons. The fourth-order valence-corrected chi connectivity index (χ4v) is 3.58. The first-order valence-corrected chi connectivity index (χ1v) is 7.84. The van der Waals surface area contributed by atoms with Gasteiger partial charge in [-0.2, -0.15) is 5.10 Å². The fourth-order valence-electron chi connectivity index (χ4n) is 2.83. The summed E-state index contributed by atoms with van der Waals surface area (Å²) in [5.74, 6) is 0. The quantitative estimate of drug-likeness (QED) is 0.580. The summed E-state index contributed by atoms with van der Waals surface area (Å²) < 4.78 is 2.92. The Morgan fingerprint density at radius 3 is 2.36 bits per heavy atom. The van der Waals surface area contributed by atoms with E-state index < -0.39 is 0 Å². The molecular formula is C18H13BrN2O. The van der Waals surface area contributed by atoms with Crippen molar-refractivity contribution in [3.05, 3.63) is 70.8 Å². The van der Waals surface area contributed by atoms with Crippen molar-refractivity contribution >= 4 is 32.2 Å². The van der Waals surface area contributed by atoms with Gasteiger partial charge >= 0.3 is 0 Å². The van der Waals surface area contributed by atoms with E-state index in [-0.39, 0.29) is 6.61 Å². The number of aliphatic hydroxyl groups is 1. The third kappa shape index (κ3) is 1.95.